The van der Waals surface area contributed by atoms with Gasteiger partial charge in [0.25, 0.3) is 0 Å². The first kappa shape index (κ1) is 12.9. The van der Waals surface area contributed by atoms with Gasteiger partial charge in [-0.1, -0.05) is 24.3 Å². The molecule has 0 aliphatic heterocycles. The molecule has 108 valence electrons. The zero-order valence-corrected chi connectivity index (χ0v) is 12.8. The fourth-order valence-electron chi connectivity index (χ4n) is 3.46. The van der Waals surface area contributed by atoms with E-state index in [1.807, 2.05) is 0 Å². The average molecular weight is 278 g/mol. The van der Waals surface area contributed by atoms with Crippen molar-refractivity contribution in [2.24, 2.45) is 5.73 Å². The second-order valence-corrected chi connectivity index (χ2v) is 6.87. The van der Waals surface area contributed by atoms with Gasteiger partial charge in [0.05, 0.1) is 0 Å². The van der Waals surface area contributed by atoms with Gasteiger partial charge in [-0.15, -0.1) is 0 Å². The molecule has 2 heteroatoms. The third-order valence-corrected chi connectivity index (χ3v) is 4.74. The van der Waals surface area contributed by atoms with E-state index < -0.39 is 0 Å². The van der Waals surface area contributed by atoms with Crippen LogP contribution in [0.1, 0.15) is 38.3 Å². The Morgan fingerprint density at radius 2 is 1.76 bits per heavy atom. The number of para-hydroxylation sites is 1. The highest BCUT2D eigenvalue weighted by Gasteiger charge is 2.37. The van der Waals surface area contributed by atoms with Crippen LogP contribution in [0.4, 0.5) is 0 Å². The highest BCUT2D eigenvalue weighted by Crippen LogP contribution is 2.37. The van der Waals surface area contributed by atoms with Gasteiger partial charge in [0.15, 0.2) is 0 Å². The van der Waals surface area contributed by atoms with Crippen molar-refractivity contribution < 1.29 is 0 Å². The Hall–Kier alpha value is -1.80. The lowest BCUT2D eigenvalue weighted by Gasteiger charge is -2.12. The number of aromatic nitrogens is 1. The number of hydrogen-bond donors (Lipinski definition) is 1. The number of nitrogens with two attached hydrogens (primary N) is 1. The quantitative estimate of drug-likeness (QED) is 0.756. The van der Waals surface area contributed by atoms with Crippen molar-refractivity contribution in [3.63, 3.8) is 0 Å². The maximum absolute atomic E-state index is 6.28. The molecule has 0 atom stereocenters. The smallest absolute Gasteiger partial charge is 0.0493 e. The van der Waals surface area contributed by atoms with Gasteiger partial charge in [-0.25, -0.2) is 0 Å². The molecule has 1 fully saturated rings. The summed E-state index contributed by atoms with van der Waals surface area (Å²) in [5, 5.41) is 2.71. The van der Waals surface area contributed by atoms with Crippen molar-refractivity contribution in [3.8, 4) is 0 Å². The van der Waals surface area contributed by atoms with Gasteiger partial charge < -0.3 is 10.3 Å². The maximum Gasteiger partial charge on any atom is 0.0493 e. The highest BCUT2D eigenvalue weighted by atomic mass is 15.0. The monoisotopic (exact) mass is 278 g/mol. The molecule has 0 saturated heterocycles. The van der Waals surface area contributed by atoms with Crippen molar-refractivity contribution in [2.45, 2.75) is 44.7 Å². The van der Waals surface area contributed by atoms with E-state index in [-0.39, 0.29) is 5.54 Å². The van der Waals surface area contributed by atoms with E-state index in [9.17, 15) is 0 Å². The largest absolute Gasteiger partial charge is 0.338 e. The van der Waals surface area contributed by atoms with E-state index in [1.165, 1.54) is 40.2 Å². The molecule has 1 aromatic heterocycles. The molecule has 0 bridgehead atoms. The van der Waals surface area contributed by atoms with Crippen LogP contribution < -0.4 is 5.73 Å². The zero-order valence-electron chi connectivity index (χ0n) is 12.8. The molecule has 4 rings (SSSR count). The fraction of sp³-hybridized carbons (Fsp3) is 0.368. The van der Waals surface area contributed by atoms with Crippen molar-refractivity contribution in [1.29, 1.82) is 0 Å². The summed E-state index contributed by atoms with van der Waals surface area (Å²) in [4.78, 5) is 0. The van der Waals surface area contributed by atoms with Crippen molar-refractivity contribution in [1.82, 2.24) is 4.57 Å². The Bertz CT molecular complexity index is 822. The second kappa shape index (κ2) is 4.35. The van der Waals surface area contributed by atoms with Crippen LogP contribution in [0.25, 0.3) is 21.8 Å². The molecule has 0 spiro atoms. The summed E-state index contributed by atoms with van der Waals surface area (Å²) in [5.74, 6) is 0. The minimum Gasteiger partial charge on any atom is -0.338 e. The molecule has 2 nitrogen and oxygen atoms in total. The van der Waals surface area contributed by atoms with E-state index >= 15 is 0 Å². The molecule has 1 aliphatic rings. The van der Waals surface area contributed by atoms with E-state index in [1.54, 1.807) is 0 Å². The minimum absolute atomic E-state index is 0.0735. The SMILES string of the molecule is CC(C)n1c2ccccc2c2cc(CC3(N)CC3)ccc21. The highest BCUT2D eigenvalue weighted by molar-refractivity contribution is 6.08. The van der Waals surface area contributed by atoms with E-state index in [0.717, 1.165) is 6.42 Å². The zero-order chi connectivity index (χ0) is 14.6. The molecule has 1 saturated carbocycles. The summed E-state index contributed by atoms with van der Waals surface area (Å²) in [6.07, 6.45) is 3.34. The summed E-state index contributed by atoms with van der Waals surface area (Å²) >= 11 is 0. The first-order valence-electron chi connectivity index (χ1n) is 7.88. The van der Waals surface area contributed by atoms with Crippen molar-refractivity contribution in [3.05, 3.63) is 48.0 Å². The van der Waals surface area contributed by atoms with Crippen LogP contribution >= 0.6 is 0 Å². The average Bonchev–Trinajstić information content (AvgIpc) is 3.08. The van der Waals surface area contributed by atoms with Crippen LogP contribution in [0, 0.1) is 0 Å². The number of nitrogens with zero attached hydrogens (tertiary/aromatic N) is 1. The van der Waals surface area contributed by atoms with Gasteiger partial charge >= 0.3 is 0 Å². The predicted octanol–water partition coefficient (Wildman–Crippen LogP) is 4.41. The number of benzene rings is 2. The number of hydrogen-bond acceptors (Lipinski definition) is 1. The molecule has 0 radical (unpaired) electrons. The number of rotatable bonds is 3. The van der Waals surface area contributed by atoms with Crippen molar-refractivity contribution >= 4 is 21.8 Å². The molecule has 0 unspecified atom stereocenters. The van der Waals surface area contributed by atoms with Gasteiger partial charge in [-0.2, -0.15) is 0 Å². The number of fused-ring (bicyclic) bond motifs is 3. The summed E-state index contributed by atoms with van der Waals surface area (Å²) in [6, 6.07) is 16.1. The molecule has 3 aromatic rings. The maximum atomic E-state index is 6.28. The van der Waals surface area contributed by atoms with Crippen molar-refractivity contribution in [2.75, 3.05) is 0 Å². The molecule has 2 N–H and O–H groups in total. The lowest BCUT2D eigenvalue weighted by Crippen LogP contribution is -2.24. The second-order valence-electron chi connectivity index (χ2n) is 6.87. The van der Waals surface area contributed by atoms with Gasteiger partial charge in [0.1, 0.15) is 0 Å². The van der Waals surface area contributed by atoms with Crippen LogP contribution in [0.5, 0.6) is 0 Å². The summed E-state index contributed by atoms with van der Waals surface area (Å²) in [7, 11) is 0. The van der Waals surface area contributed by atoms with E-state index in [4.69, 9.17) is 5.73 Å². The van der Waals surface area contributed by atoms with Crippen LogP contribution in [0.2, 0.25) is 0 Å². The summed E-state index contributed by atoms with van der Waals surface area (Å²) in [6.45, 7) is 4.50. The molecule has 2 aromatic carbocycles. The normalized spacial score (nSPS) is 17.0. The summed E-state index contributed by atoms with van der Waals surface area (Å²) < 4.78 is 2.43. The van der Waals surface area contributed by atoms with Gasteiger partial charge in [-0.05, 0) is 56.9 Å². The molecular formula is C19H22N2. The summed E-state index contributed by atoms with van der Waals surface area (Å²) in [5.41, 5.74) is 10.4. The third kappa shape index (κ3) is 2.06. The van der Waals surface area contributed by atoms with E-state index in [0.29, 0.717) is 6.04 Å². The lowest BCUT2D eigenvalue weighted by molar-refractivity contribution is 0.642. The fourth-order valence-corrected chi connectivity index (χ4v) is 3.46. The predicted molar refractivity (Wildman–Crippen MR) is 89.7 cm³/mol. The van der Waals surface area contributed by atoms with Gasteiger partial charge in [-0.3, -0.25) is 0 Å². The Balaban J connectivity index is 1.96. The molecule has 21 heavy (non-hydrogen) atoms. The van der Waals surface area contributed by atoms with Gasteiger partial charge in [0.2, 0.25) is 0 Å². The minimum atomic E-state index is 0.0735. The van der Waals surface area contributed by atoms with Crippen LogP contribution in [0.3, 0.4) is 0 Å². The molecule has 0 amide bonds. The Labute approximate surface area is 125 Å². The third-order valence-electron chi connectivity index (χ3n) is 4.74. The topological polar surface area (TPSA) is 30.9 Å². The molecule has 1 aliphatic carbocycles. The van der Waals surface area contributed by atoms with E-state index in [2.05, 4.69) is 60.9 Å². The molecule has 1 heterocycles. The molecular weight excluding hydrogens is 256 g/mol. The van der Waals surface area contributed by atoms with Gasteiger partial charge in [0, 0.05) is 33.4 Å². The Morgan fingerprint density at radius 1 is 1.05 bits per heavy atom. The Morgan fingerprint density at radius 3 is 2.48 bits per heavy atom. The van der Waals surface area contributed by atoms with Crippen LogP contribution in [-0.2, 0) is 6.42 Å². The van der Waals surface area contributed by atoms with Crippen LogP contribution in [0.15, 0.2) is 42.5 Å². The van der Waals surface area contributed by atoms with Crippen LogP contribution in [-0.4, -0.2) is 10.1 Å². The standard InChI is InChI=1S/C19H22N2/c1-13(2)21-17-6-4-3-5-15(17)16-11-14(7-8-18(16)21)12-19(20)9-10-19/h3-8,11,13H,9-10,12,20H2,1-2H3. The first-order valence-corrected chi connectivity index (χ1v) is 7.88. The Kier molecular flexibility index (Phi) is 2.67. The first-order chi connectivity index (χ1) is 10.1. The lowest BCUT2D eigenvalue weighted by atomic mass is 10.0.